The first-order valence-corrected chi connectivity index (χ1v) is 9.10. The molecule has 3 rings (SSSR count). The van der Waals surface area contributed by atoms with Gasteiger partial charge in [0.25, 0.3) is 0 Å². The molecule has 1 aliphatic rings. The summed E-state index contributed by atoms with van der Waals surface area (Å²) in [5.41, 5.74) is 0. The molecule has 0 fully saturated rings. The van der Waals surface area contributed by atoms with E-state index in [0.29, 0.717) is 11.5 Å². The van der Waals surface area contributed by atoms with E-state index in [1.54, 1.807) is 12.1 Å². The monoisotopic (exact) mass is 371 g/mol. The summed E-state index contributed by atoms with van der Waals surface area (Å²) in [6, 6.07) is 7.49. The molecule has 1 atom stereocenters. The summed E-state index contributed by atoms with van der Waals surface area (Å²) in [5.74, 6) is 0.351. The van der Waals surface area contributed by atoms with Gasteiger partial charge in [-0.05, 0) is 24.3 Å². The van der Waals surface area contributed by atoms with Gasteiger partial charge in [-0.1, -0.05) is 0 Å². The minimum atomic E-state index is -3.84. The Morgan fingerprint density at radius 2 is 2.04 bits per heavy atom. The molecule has 1 aromatic heterocycles. The molecule has 2 heterocycles. The summed E-state index contributed by atoms with van der Waals surface area (Å²) >= 11 is 5.44. The van der Waals surface area contributed by atoms with E-state index in [9.17, 15) is 13.2 Å². The summed E-state index contributed by atoms with van der Waals surface area (Å²) in [4.78, 5) is 11.4. The maximum atomic E-state index is 13.0. The van der Waals surface area contributed by atoms with E-state index in [1.165, 1.54) is 24.5 Å². The lowest BCUT2D eigenvalue weighted by molar-refractivity contribution is -0.118. The lowest BCUT2D eigenvalue weighted by Gasteiger charge is -2.16. The molecule has 0 radical (unpaired) electrons. The number of nitrogens with one attached hydrogen (secondary N) is 1. The maximum absolute atomic E-state index is 13.0. The standard InChI is InChI=1S/C15H14ClNO6S/c16-7-15(18)17-8-14(12-2-1-5-21-12)24(19,20)10-3-4-11-13(6-10)23-9-22-11/h1-6,14H,7-9H2,(H,17,18)/t14-/m1/s1. The normalized spacial score (nSPS) is 14.4. The van der Waals surface area contributed by atoms with Crippen LogP contribution in [0.2, 0.25) is 0 Å². The third-order valence-electron chi connectivity index (χ3n) is 3.51. The van der Waals surface area contributed by atoms with Gasteiger partial charge in [0, 0.05) is 12.6 Å². The second kappa shape index (κ2) is 6.74. The number of carbonyl (C=O) groups is 1. The van der Waals surface area contributed by atoms with Gasteiger partial charge in [0.1, 0.15) is 16.9 Å². The first-order valence-electron chi connectivity index (χ1n) is 7.02. The average Bonchev–Trinajstić information content (AvgIpc) is 3.25. The van der Waals surface area contributed by atoms with E-state index in [-0.39, 0.29) is 29.9 Å². The second-order valence-corrected chi connectivity index (χ2v) is 7.40. The highest BCUT2D eigenvalue weighted by atomic mass is 35.5. The Morgan fingerprint density at radius 1 is 1.25 bits per heavy atom. The number of halogens is 1. The molecule has 2 aromatic rings. The van der Waals surface area contributed by atoms with Crippen LogP contribution in [0, 0.1) is 0 Å². The van der Waals surface area contributed by atoms with Gasteiger partial charge in [0.15, 0.2) is 21.3 Å². The lowest BCUT2D eigenvalue weighted by atomic mass is 10.3. The Labute approximate surface area is 143 Å². The van der Waals surface area contributed by atoms with E-state index >= 15 is 0 Å². The summed E-state index contributed by atoms with van der Waals surface area (Å²) < 4.78 is 41.6. The van der Waals surface area contributed by atoms with E-state index in [2.05, 4.69) is 5.32 Å². The number of alkyl halides is 1. The maximum Gasteiger partial charge on any atom is 0.234 e. The zero-order valence-electron chi connectivity index (χ0n) is 12.4. The predicted octanol–water partition coefficient (Wildman–Crippen LogP) is 1.88. The van der Waals surface area contributed by atoms with Crippen LogP contribution < -0.4 is 14.8 Å². The molecule has 9 heteroatoms. The number of ether oxygens (including phenoxy) is 2. The summed E-state index contributed by atoms with van der Waals surface area (Å²) in [5, 5.41) is 1.40. The molecule has 128 valence electrons. The quantitative estimate of drug-likeness (QED) is 0.779. The van der Waals surface area contributed by atoms with Crippen molar-refractivity contribution in [1.82, 2.24) is 5.32 Å². The van der Waals surface area contributed by atoms with Crippen molar-refractivity contribution in [3.63, 3.8) is 0 Å². The molecule has 1 aliphatic heterocycles. The van der Waals surface area contributed by atoms with Crippen LogP contribution in [-0.2, 0) is 14.6 Å². The van der Waals surface area contributed by atoms with Crippen LogP contribution in [0.1, 0.15) is 11.0 Å². The molecule has 0 aliphatic carbocycles. The predicted molar refractivity (Wildman–Crippen MR) is 84.9 cm³/mol. The van der Waals surface area contributed by atoms with E-state index in [4.69, 9.17) is 25.5 Å². The Balaban J connectivity index is 1.94. The highest BCUT2D eigenvalue weighted by molar-refractivity contribution is 7.91. The fourth-order valence-electron chi connectivity index (χ4n) is 2.31. The van der Waals surface area contributed by atoms with Gasteiger partial charge in [0.2, 0.25) is 12.7 Å². The zero-order valence-corrected chi connectivity index (χ0v) is 14.0. The van der Waals surface area contributed by atoms with Crippen LogP contribution in [0.15, 0.2) is 45.9 Å². The van der Waals surface area contributed by atoms with Crippen molar-refractivity contribution in [2.24, 2.45) is 0 Å². The zero-order chi connectivity index (χ0) is 17.2. The van der Waals surface area contributed by atoms with Crippen LogP contribution in [0.3, 0.4) is 0 Å². The van der Waals surface area contributed by atoms with Gasteiger partial charge in [-0.25, -0.2) is 8.42 Å². The fraction of sp³-hybridized carbons (Fsp3) is 0.267. The van der Waals surface area contributed by atoms with Crippen molar-refractivity contribution in [2.75, 3.05) is 19.2 Å². The van der Waals surface area contributed by atoms with Gasteiger partial charge < -0.3 is 19.2 Å². The molecule has 1 aromatic carbocycles. The van der Waals surface area contributed by atoms with Crippen molar-refractivity contribution >= 4 is 27.3 Å². The summed E-state index contributed by atoms with van der Waals surface area (Å²) in [6.07, 6.45) is 1.38. The summed E-state index contributed by atoms with van der Waals surface area (Å²) in [6.45, 7) is -0.109. The highest BCUT2D eigenvalue weighted by Crippen LogP contribution is 2.37. The number of fused-ring (bicyclic) bond motifs is 1. The van der Waals surface area contributed by atoms with Crippen LogP contribution in [-0.4, -0.2) is 33.5 Å². The smallest absolute Gasteiger partial charge is 0.234 e. The second-order valence-electron chi connectivity index (χ2n) is 5.00. The topological polar surface area (TPSA) is 94.8 Å². The third kappa shape index (κ3) is 3.20. The molecule has 0 bridgehead atoms. The van der Waals surface area contributed by atoms with Crippen molar-refractivity contribution < 1.29 is 27.1 Å². The number of furan rings is 1. The van der Waals surface area contributed by atoms with Gasteiger partial charge in [0.05, 0.1) is 11.2 Å². The van der Waals surface area contributed by atoms with Crippen molar-refractivity contribution in [1.29, 1.82) is 0 Å². The van der Waals surface area contributed by atoms with Gasteiger partial charge in [-0.2, -0.15) is 0 Å². The molecule has 0 unspecified atom stereocenters. The summed E-state index contributed by atoms with van der Waals surface area (Å²) in [7, 11) is -3.84. The van der Waals surface area contributed by atoms with Gasteiger partial charge in [-0.3, -0.25) is 4.79 Å². The van der Waals surface area contributed by atoms with E-state index in [1.807, 2.05) is 0 Å². The number of benzene rings is 1. The number of hydrogen-bond acceptors (Lipinski definition) is 6. The number of hydrogen-bond donors (Lipinski definition) is 1. The first-order chi connectivity index (χ1) is 11.5. The van der Waals surface area contributed by atoms with Crippen LogP contribution in [0.25, 0.3) is 0 Å². The SMILES string of the molecule is O=C(CCl)NC[C@H](c1ccco1)S(=O)(=O)c1ccc2c(c1)OCO2. The van der Waals surface area contributed by atoms with Crippen LogP contribution in [0.4, 0.5) is 0 Å². The van der Waals surface area contributed by atoms with Crippen molar-refractivity contribution in [3.8, 4) is 11.5 Å². The molecule has 0 spiro atoms. The minimum Gasteiger partial charge on any atom is -0.468 e. The first kappa shape index (κ1) is 16.7. The van der Waals surface area contributed by atoms with Crippen molar-refractivity contribution in [3.05, 3.63) is 42.4 Å². The average molecular weight is 372 g/mol. The Bertz CT molecular complexity index is 834. The molecule has 0 saturated heterocycles. The molecule has 1 N–H and O–H groups in total. The molecular formula is C15H14ClNO6S. The van der Waals surface area contributed by atoms with Gasteiger partial charge >= 0.3 is 0 Å². The molecule has 24 heavy (non-hydrogen) atoms. The number of carbonyl (C=O) groups excluding carboxylic acids is 1. The lowest BCUT2D eigenvalue weighted by Crippen LogP contribution is -2.32. The Kier molecular flexibility index (Phi) is 4.68. The molecule has 0 saturated carbocycles. The largest absolute Gasteiger partial charge is 0.468 e. The van der Waals surface area contributed by atoms with Gasteiger partial charge in [-0.15, -0.1) is 11.6 Å². The number of rotatable bonds is 6. The van der Waals surface area contributed by atoms with E-state index < -0.39 is 21.0 Å². The minimum absolute atomic E-state index is 0.0478. The van der Waals surface area contributed by atoms with Crippen LogP contribution >= 0.6 is 11.6 Å². The van der Waals surface area contributed by atoms with E-state index in [0.717, 1.165) is 0 Å². The fourth-order valence-corrected chi connectivity index (χ4v) is 4.00. The van der Waals surface area contributed by atoms with Crippen molar-refractivity contribution in [2.45, 2.75) is 10.1 Å². The third-order valence-corrected chi connectivity index (χ3v) is 5.82. The molecule has 7 nitrogen and oxygen atoms in total. The van der Waals surface area contributed by atoms with Crippen LogP contribution in [0.5, 0.6) is 11.5 Å². The number of amides is 1. The Hall–Kier alpha value is -2.19. The highest BCUT2D eigenvalue weighted by Gasteiger charge is 2.33. The molecular weight excluding hydrogens is 358 g/mol. The Morgan fingerprint density at radius 3 is 2.75 bits per heavy atom. The molecule has 1 amide bonds. The number of sulfone groups is 1.